The van der Waals surface area contributed by atoms with Gasteiger partial charge >= 0.3 is 0 Å². The van der Waals surface area contributed by atoms with Crippen molar-refractivity contribution >= 4 is 29.1 Å². The molecule has 1 aromatic rings. The Balaban J connectivity index is 1.51. The first-order valence-electron chi connectivity index (χ1n) is 9.97. The van der Waals surface area contributed by atoms with E-state index in [1.165, 1.54) is 28.2 Å². The van der Waals surface area contributed by atoms with Crippen LogP contribution in [-0.4, -0.2) is 35.7 Å². The molecular formula is C20H29N3O3S. The number of thiophene rings is 1. The molecule has 1 aliphatic heterocycles. The maximum absolute atomic E-state index is 12.4. The summed E-state index contributed by atoms with van der Waals surface area (Å²) in [5, 5.41) is 0. The van der Waals surface area contributed by atoms with Gasteiger partial charge in [0.15, 0.2) is 0 Å². The lowest BCUT2D eigenvalue weighted by atomic mass is 9.90. The van der Waals surface area contributed by atoms with Crippen molar-refractivity contribution in [2.75, 3.05) is 13.1 Å². The van der Waals surface area contributed by atoms with E-state index in [0.717, 1.165) is 32.1 Å². The molecule has 1 aromatic heterocycles. The van der Waals surface area contributed by atoms with Crippen LogP contribution in [0.15, 0.2) is 6.07 Å². The van der Waals surface area contributed by atoms with Crippen LogP contribution in [0.1, 0.15) is 66.1 Å². The Morgan fingerprint density at radius 3 is 2.85 bits per heavy atom. The van der Waals surface area contributed by atoms with Gasteiger partial charge in [-0.1, -0.05) is 13.8 Å². The summed E-state index contributed by atoms with van der Waals surface area (Å²) in [6.45, 7) is 5.36. The van der Waals surface area contributed by atoms with Gasteiger partial charge in [-0.15, -0.1) is 11.3 Å². The summed E-state index contributed by atoms with van der Waals surface area (Å²) in [7, 11) is 0. The molecule has 148 valence electrons. The highest BCUT2D eigenvalue weighted by atomic mass is 32.1. The van der Waals surface area contributed by atoms with Gasteiger partial charge in [-0.2, -0.15) is 0 Å². The number of hydrogen-bond donors (Lipinski definition) is 2. The van der Waals surface area contributed by atoms with Crippen molar-refractivity contribution in [2.24, 2.45) is 11.8 Å². The minimum atomic E-state index is -0.266. The molecule has 1 fully saturated rings. The number of carbonyl (C=O) groups is 3. The minimum Gasteiger partial charge on any atom is -0.342 e. The van der Waals surface area contributed by atoms with Gasteiger partial charge < -0.3 is 4.90 Å². The average Bonchev–Trinajstić information content (AvgIpc) is 3.09. The Morgan fingerprint density at radius 2 is 2.07 bits per heavy atom. The molecule has 2 aliphatic rings. The fourth-order valence-corrected chi connectivity index (χ4v) is 4.99. The predicted molar refractivity (Wildman–Crippen MR) is 105 cm³/mol. The summed E-state index contributed by atoms with van der Waals surface area (Å²) in [5.74, 6) is 0.0273. The zero-order valence-electron chi connectivity index (χ0n) is 16.2. The number of fused-ring (bicyclic) bond motifs is 1. The lowest BCUT2D eigenvalue weighted by molar-refractivity contribution is -0.136. The number of piperidine rings is 1. The Kier molecular flexibility index (Phi) is 6.52. The lowest BCUT2D eigenvalue weighted by Crippen LogP contribution is -2.49. The molecule has 2 heterocycles. The first kappa shape index (κ1) is 19.9. The molecule has 2 atom stereocenters. The van der Waals surface area contributed by atoms with Gasteiger partial charge in [0.05, 0.1) is 10.8 Å². The Morgan fingerprint density at radius 1 is 1.26 bits per heavy atom. The van der Waals surface area contributed by atoms with Crippen LogP contribution in [0.3, 0.4) is 0 Å². The number of nitrogens with one attached hydrogen (secondary N) is 2. The maximum Gasteiger partial charge on any atom is 0.279 e. The normalized spacial score (nSPS) is 22.1. The third-order valence-electron chi connectivity index (χ3n) is 5.46. The molecular weight excluding hydrogens is 362 g/mol. The van der Waals surface area contributed by atoms with Crippen molar-refractivity contribution in [3.05, 3.63) is 21.4 Å². The highest BCUT2D eigenvalue weighted by molar-refractivity contribution is 7.14. The number of aryl methyl sites for hydroxylation is 1. The third-order valence-corrected chi connectivity index (χ3v) is 6.70. The van der Waals surface area contributed by atoms with E-state index in [9.17, 15) is 14.4 Å². The number of likely N-dealkylation sites (tertiary alicyclic amines) is 1. The second kappa shape index (κ2) is 8.87. The standard InChI is InChI=1S/C20H29N3O3S/c1-3-5-18(24)23-9-4-6-14(12-23)19(25)21-22-20(26)17-11-15-10-13(2)7-8-16(15)27-17/h11,13-14H,3-10,12H2,1-2H3,(H,21,25)(H,22,26). The molecule has 2 N–H and O–H groups in total. The predicted octanol–water partition coefficient (Wildman–Crippen LogP) is 2.67. The zero-order chi connectivity index (χ0) is 19.4. The molecule has 0 bridgehead atoms. The van der Waals surface area contributed by atoms with Crippen LogP contribution in [0.5, 0.6) is 0 Å². The van der Waals surface area contributed by atoms with Gasteiger partial charge in [-0.25, -0.2) is 0 Å². The topological polar surface area (TPSA) is 78.5 Å². The van der Waals surface area contributed by atoms with E-state index < -0.39 is 0 Å². The van der Waals surface area contributed by atoms with Crippen LogP contribution in [0.2, 0.25) is 0 Å². The van der Waals surface area contributed by atoms with Crippen molar-refractivity contribution in [3.8, 4) is 0 Å². The molecule has 7 heteroatoms. The summed E-state index contributed by atoms with van der Waals surface area (Å²) in [4.78, 5) is 40.6. The van der Waals surface area contributed by atoms with Gasteiger partial charge in [0.25, 0.3) is 5.91 Å². The number of nitrogens with zero attached hydrogens (tertiary/aromatic N) is 1. The molecule has 0 aromatic carbocycles. The summed E-state index contributed by atoms with van der Waals surface area (Å²) in [5.41, 5.74) is 6.39. The fourth-order valence-electron chi connectivity index (χ4n) is 3.89. The number of amides is 3. The molecule has 6 nitrogen and oxygen atoms in total. The van der Waals surface area contributed by atoms with Crippen LogP contribution in [-0.2, 0) is 22.4 Å². The number of hydrazine groups is 1. The molecule has 0 saturated carbocycles. The minimum absolute atomic E-state index is 0.109. The van der Waals surface area contributed by atoms with Gasteiger partial charge in [-0.05, 0) is 56.1 Å². The number of hydrogen-bond acceptors (Lipinski definition) is 4. The first-order chi connectivity index (χ1) is 13.0. The smallest absolute Gasteiger partial charge is 0.279 e. The van der Waals surface area contributed by atoms with Crippen LogP contribution in [0.4, 0.5) is 0 Å². The van der Waals surface area contributed by atoms with E-state index in [1.807, 2.05) is 13.0 Å². The first-order valence-corrected chi connectivity index (χ1v) is 10.8. The Bertz CT molecular complexity index is 715. The second-order valence-corrected chi connectivity index (χ2v) is 8.92. The van der Waals surface area contributed by atoms with Crippen LogP contribution in [0, 0.1) is 11.8 Å². The van der Waals surface area contributed by atoms with Crippen LogP contribution in [0.25, 0.3) is 0 Å². The molecule has 1 aliphatic carbocycles. The summed E-state index contributed by atoms with van der Waals surface area (Å²) in [6.07, 6.45) is 6.11. The Labute approximate surface area is 164 Å². The largest absolute Gasteiger partial charge is 0.342 e. The van der Waals surface area contributed by atoms with Gasteiger partial charge in [0.1, 0.15) is 0 Å². The van der Waals surface area contributed by atoms with E-state index in [1.54, 1.807) is 4.90 Å². The van der Waals surface area contributed by atoms with E-state index >= 15 is 0 Å². The Hall–Kier alpha value is -1.89. The number of carbonyl (C=O) groups excluding carboxylic acids is 3. The van der Waals surface area contributed by atoms with Crippen molar-refractivity contribution in [2.45, 2.75) is 58.8 Å². The van der Waals surface area contributed by atoms with E-state index in [2.05, 4.69) is 17.8 Å². The lowest BCUT2D eigenvalue weighted by Gasteiger charge is -2.32. The second-order valence-electron chi connectivity index (χ2n) is 7.78. The molecule has 0 radical (unpaired) electrons. The van der Waals surface area contributed by atoms with Crippen LogP contribution >= 0.6 is 11.3 Å². The van der Waals surface area contributed by atoms with Gasteiger partial charge in [0, 0.05) is 24.4 Å². The zero-order valence-corrected chi connectivity index (χ0v) is 17.0. The molecule has 1 saturated heterocycles. The summed E-state index contributed by atoms with van der Waals surface area (Å²) in [6, 6.07) is 1.96. The highest BCUT2D eigenvalue weighted by Gasteiger charge is 2.28. The monoisotopic (exact) mass is 391 g/mol. The highest BCUT2D eigenvalue weighted by Crippen LogP contribution is 2.32. The van der Waals surface area contributed by atoms with Gasteiger partial charge in [0.2, 0.25) is 11.8 Å². The van der Waals surface area contributed by atoms with E-state index in [0.29, 0.717) is 30.3 Å². The summed E-state index contributed by atoms with van der Waals surface area (Å²) < 4.78 is 0. The number of rotatable bonds is 4. The van der Waals surface area contributed by atoms with E-state index in [-0.39, 0.29) is 23.6 Å². The van der Waals surface area contributed by atoms with Crippen molar-refractivity contribution in [3.63, 3.8) is 0 Å². The maximum atomic E-state index is 12.4. The van der Waals surface area contributed by atoms with Crippen molar-refractivity contribution in [1.29, 1.82) is 0 Å². The molecule has 2 unspecified atom stereocenters. The molecule has 3 amide bonds. The van der Waals surface area contributed by atoms with Crippen molar-refractivity contribution < 1.29 is 14.4 Å². The SMILES string of the molecule is CCCC(=O)N1CCCC(C(=O)NNC(=O)c2cc3c(s2)CCC(C)C3)C1. The molecule has 27 heavy (non-hydrogen) atoms. The third kappa shape index (κ3) is 4.89. The van der Waals surface area contributed by atoms with Crippen molar-refractivity contribution in [1.82, 2.24) is 15.8 Å². The van der Waals surface area contributed by atoms with Gasteiger partial charge in [-0.3, -0.25) is 25.2 Å². The quantitative estimate of drug-likeness (QED) is 0.775. The fraction of sp³-hybridized carbons (Fsp3) is 0.650. The average molecular weight is 392 g/mol. The van der Waals surface area contributed by atoms with Crippen LogP contribution < -0.4 is 10.9 Å². The van der Waals surface area contributed by atoms with E-state index in [4.69, 9.17) is 0 Å². The molecule has 3 rings (SSSR count). The summed E-state index contributed by atoms with van der Waals surface area (Å²) >= 11 is 1.53. The molecule has 0 spiro atoms.